The van der Waals surface area contributed by atoms with Crippen molar-refractivity contribution in [3.8, 4) is 0 Å². The molecule has 0 spiro atoms. The van der Waals surface area contributed by atoms with Gasteiger partial charge in [0.2, 0.25) is 5.91 Å². The molecule has 1 rings (SSSR count). The molecule has 0 aromatic carbocycles. The Kier molecular flexibility index (Phi) is 3.46. The molecule has 80 valence electrons. The van der Waals surface area contributed by atoms with Gasteiger partial charge in [0.25, 0.3) is 0 Å². The van der Waals surface area contributed by atoms with Crippen LogP contribution in [-0.2, 0) is 14.3 Å². The van der Waals surface area contributed by atoms with E-state index >= 15 is 0 Å². The Hall–Kier alpha value is -1.10. The van der Waals surface area contributed by atoms with E-state index in [2.05, 4.69) is 5.32 Å². The first-order chi connectivity index (χ1) is 6.50. The van der Waals surface area contributed by atoms with Gasteiger partial charge >= 0.3 is 5.97 Å². The largest absolute Gasteiger partial charge is 0.480 e. The molecule has 1 heterocycles. The van der Waals surface area contributed by atoms with Crippen molar-refractivity contribution in [2.24, 2.45) is 0 Å². The average Bonchev–Trinajstić information content (AvgIpc) is 2.51. The number of rotatable bonds is 3. The quantitative estimate of drug-likeness (QED) is 0.681. The standard InChI is InChI=1S/C9H15NO4/c1-5-3-4-7(14-5)8(11)10-6(2)9(12)13/h5-7H,3-4H2,1-2H3,(H,10,11)(H,12,13). The monoisotopic (exact) mass is 201 g/mol. The normalized spacial score (nSPS) is 28.4. The summed E-state index contributed by atoms with van der Waals surface area (Å²) >= 11 is 0. The topological polar surface area (TPSA) is 75.6 Å². The lowest BCUT2D eigenvalue weighted by Crippen LogP contribution is -2.43. The zero-order valence-corrected chi connectivity index (χ0v) is 8.32. The van der Waals surface area contributed by atoms with Crippen LogP contribution in [0.5, 0.6) is 0 Å². The number of carbonyl (C=O) groups excluding carboxylic acids is 1. The molecule has 1 amide bonds. The summed E-state index contributed by atoms with van der Waals surface area (Å²) in [5.41, 5.74) is 0. The van der Waals surface area contributed by atoms with Crippen molar-refractivity contribution in [2.45, 2.75) is 44.9 Å². The molecule has 2 N–H and O–H groups in total. The number of carbonyl (C=O) groups is 2. The van der Waals surface area contributed by atoms with Gasteiger partial charge in [-0.15, -0.1) is 0 Å². The van der Waals surface area contributed by atoms with E-state index in [1.54, 1.807) is 0 Å². The van der Waals surface area contributed by atoms with Gasteiger partial charge < -0.3 is 15.2 Å². The molecule has 0 aromatic rings. The van der Waals surface area contributed by atoms with Crippen LogP contribution in [0.25, 0.3) is 0 Å². The number of hydrogen-bond acceptors (Lipinski definition) is 3. The molecule has 5 heteroatoms. The molecule has 5 nitrogen and oxygen atoms in total. The summed E-state index contributed by atoms with van der Waals surface area (Å²) in [6, 6.07) is -0.859. The maximum atomic E-state index is 11.4. The third-order valence-corrected chi connectivity index (χ3v) is 2.25. The molecule has 0 aliphatic carbocycles. The van der Waals surface area contributed by atoms with Crippen LogP contribution in [-0.4, -0.2) is 35.2 Å². The minimum absolute atomic E-state index is 0.0888. The Balaban J connectivity index is 2.39. The highest BCUT2D eigenvalue weighted by molar-refractivity contribution is 5.86. The van der Waals surface area contributed by atoms with Gasteiger partial charge in [-0.25, -0.2) is 0 Å². The summed E-state index contributed by atoms with van der Waals surface area (Å²) in [6.45, 7) is 3.33. The Labute approximate surface area is 82.4 Å². The zero-order chi connectivity index (χ0) is 10.7. The van der Waals surface area contributed by atoms with E-state index in [0.717, 1.165) is 6.42 Å². The number of ether oxygens (including phenoxy) is 1. The number of aliphatic carboxylic acids is 1. The average molecular weight is 201 g/mol. The minimum Gasteiger partial charge on any atom is -0.480 e. The Morgan fingerprint density at radius 3 is 2.57 bits per heavy atom. The van der Waals surface area contributed by atoms with Gasteiger partial charge in [0.1, 0.15) is 12.1 Å². The first-order valence-electron chi connectivity index (χ1n) is 4.69. The summed E-state index contributed by atoms with van der Waals surface area (Å²) in [7, 11) is 0. The van der Waals surface area contributed by atoms with E-state index in [1.807, 2.05) is 6.92 Å². The second-order valence-electron chi connectivity index (χ2n) is 3.58. The van der Waals surface area contributed by atoms with Crippen LogP contribution in [0.2, 0.25) is 0 Å². The molecular weight excluding hydrogens is 186 g/mol. The van der Waals surface area contributed by atoms with Crippen LogP contribution < -0.4 is 5.32 Å². The molecule has 14 heavy (non-hydrogen) atoms. The van der Waals surface area contributed by atoms with E-state index in [9.17, 15) is 9.59 Å². The molecule has 0 bridgehead atoms. The third-order valence-electron chi connectivity index (χ3n) is 2.25. The predicted octanol–water partition coefficient (Wildman–Crippen LogP) is 0.143. The summed E-state index contributed by atoms with van der Waals surface area (Å²) in [5.74, 6) is -1.37. The van der Waals surface area contributed by atoms with E-state index in [1.165, 1.54) is 6.92 Å². The molecular formula is C9H15NO4. The van der Waals surface area contributed by atoms with E-state index < -0.39 is 18.1 Å². The van der Waals surface area contributed by atoms with Gasteiger partial charge in [-0.3, -0.25) is 9.59 Å². The summed E-state index contributed by atoms with van der Waals surface area (Å²) in [6.07, 6.45) is 1.12. The second-order valence-corrected chi connectivity index (χ2v) is 3.58. The van der Waals surface area contributed by atoms with Crippen molar-refractivity contribution in [3.63, 3.8) is 0 Å². The SMILES string of the molecule is CC1CCC(C(=O)NC(C)C(=O)O)O1. The summed E-state index contributed by atoms with van der Waals surface area (Å²) in [5, 5.41) is 10.9. The van der Waals surface area contributed by atoms with Crippen LogP contribution >= 0.6 is 0 Å². The molecule has 3 unspecified atom stereocenters. The first kappa shape index (κ1) is 11.0. The lowest BCUT2D eigenvalue weighted by atomic mass is 10.2. The van der Waals surface area contributed by atoms with Gasteiger partial charge in [-0.2, -0.15) is 0 Å². The number of amides is 1. The van der Waals surface area contributed by atoms with Crippen LogP contribution in [0.15, 0.2) is 0 Å². The van der Waals surface area contributed by atoms with Gasteiger partial charge in [-0.05, 0) is 26.7 Å². The van der Waals surface area contributed by atoms with Crippen molar-refractivity contribution in [3.05, 3.63) is 0 Å². The molecule has 1 fully saturated rings. The van der Waals surface area contributed by atoms with E-state index in [4.69, 9.17) is 9.84 Å². The second kappa shape index (κ2) is 4.41. The highest BCUT2D eigenvalue weighted by Gasteiger charge is 2.29. The molecule has 0 aromatic heterocycles. The molecule has 0 radical (unpaired) electrons. The van der Waals surface area contributed by atoms with Crippen molar-refractivity contribution in [2.75, 3.05) is 0 Å². The fourth-order valence-electron chi connectivity index (χ4n) is 1.36. The van der Waals surface area contributed by atoms with E-state index in [-0.39, 0.29) is 12.0 Å². The van der Waals surface area contributed by atoms with Gasteiger partial charge in [0.05, 0.1) is 6.10 Å². The molecule has 1 aliphatic heterocycles. The number of carboxylic acids is 1. The van der Waals surface area contributed by atoms with Crippen molar-refractivity contribution < 1.29 is 19.4 Å². The van der Waals surface area contributed by atoms with Crippen LogP contribution in [0.1, 0.15) is 26.7 Å². The lowest BCUT2D eigenvalue weighted by Gasteiger charge is -2.14. The van der Waals surface area contributed by atoms with Gasteiger partial charge in [0.15, 0.2) is 0 Å². The lowest BCUT2D eigenvalue weighted by molar-refractivity contribution is -0.143. The first-order valence-corrected chi connectivity index (χ1v) is 4.69. The van der Waals surface area contributed by atoms with Crippen LogP contribution in [0.3, 0.4) is 0 Å². The highest BCUT2D eigenvalue weighted by atomic mass is 16.5. The van der Waals surface area contributed by atoms with Crippen LogP contribution in [0, 0.1) is 0 Å². The maximum Gasteiger partial charge on any atom is 0.325 e. The Morgan fingerprint density at radius 2 is 2.14 bits per heavy atom. The van der Waals surface area contributed by atoms with Gasteiger partial charge in [-0.1, -0.05) is 0 Å². The molecule has 1 aliphatic rings. The zero-order valence-electron chi connectivity index (χ0n) is 8.32. The summed E-state index contributed by atoms with van der Waals surface area (Å²) in [4.78, 5) is 21.9. The predicted molar refractivity (Wildman–Crippen MR) is 48.8 cm³/mol. The molecule has 0 saturated carbocycles. The maximum absolute atomic E-state index is 11.4. The third kappa shape index (κ3) is 2.70. The van der Waals surface area contributed by atoms with E-state index in [0.29, 0.717) is 6.42 Å². The molecule has 3 atom stereocenters. The van der Waals surface area contributed by atoms with Crippen molar-refractivity contribution in [1.82, 2.24) is 5.32 Å². The fourth-order valence-corrected chi connectivity index (χ4v) is 1.36. The number of carboxylic acid groups (broad SMARTS) is 1. The van der Waals surface area contributed by atoms with Crippen molar-refractivity contribution >= 4 is 11.9 Å². The Bertz CT molecular complexity index is 241. The highest BCUT2D eigenvalue weighted by Crippen LogP contribution is 2.18. The summed E-state index contributed by atoms with van der Waals surface area (Å²) < 4.78 is 5.30. The fraction of sp³-hybridized carbons (Fsp3) is 0.778. The Morgan fingerprint density at radius 1 is 1.50 bits per heavy atom. The van der Waals surface area contributed by atoms with Gasteiger partial charge in [0, 0.05) is 0 Å². The molecule has 1 saturated heterocycles. The minimum atomic E-state index is -1.04. The smallest absolute Gasteiger partial charge is 0.325 e. The number of hydrogen-bond donors (Lipinski definition) is 2. The number of nitrogens with one attached hydrogen (secondary N) is 1. The van der Waals surface area contributed by atoms with Crippen molar-refractivity contribution in [1.29, 1.82) is 0 Å². The van der Waals surface area contributed by atoms with Crippen LogP contribution in [0.4, 0.5) is 0 Å².